The summed E-state index contributed by atoms with van der Waals surface area (Å²) in [4.78, 5) is 13.6. The summed E-state index contributed by atoms with van der Waals surface area (Å²) in [6, 6.07) is 7.58. The monoisotopic (exact) mass is 561 g/mol. The number of anilines is 2. The highest BCUT2D eigenvalue weighted by molar-refractivity contribution is 7.83. The molecule has 0 spiro atoms. The Morgan fingerprint density at radius 3 is 2.44 bits per heavy atom. The number of rotatable bonds is 9. The van der Waals surface area contributed by atoms with Gasteiger partial charge in [0.05, 0.1) is 26.0 Å². The van der Waals surface area contributed by atoms with Crippen LogP contribution in [0.2, 0.25) is 0 Å². The molecule has 0 atom stereocenters. The van der Waals surface area contributed by atoms with Crippen LogP contribution in [0.15, 0.2) is 29.4 Å². The summed E-state index contributed by atoms with van der Waals surface area (Å²) < 4.78 is 50.8. The van der Waals surface area contributed by atoms with Crippen molar-refractivity contribution >= 4 is 28.2 Å². The van der Waals surface area contributed by atoms with Crippen LogP contribution in [0.5, 0.6) is 11.5 Å². The maximum absolute atomic E-state index is 11.4. The molecule has 2 fully saturated rings. The molecule has 0 aliphatic carbocycles. The summed E-state index contributed by atoms with van der Waals surface area (Å²) in [5.74, 6) is 2.74. The van der Waals surface area contributed by atoms with E-state index in [4.69, 9.17) is 19.2 Å². The zero-order valence-electron chi connectivity index (χ0n) is 22.2. The molecule has 0 unspecified atom stereocenters. The first kappa shape index (κ1) is 27.5. The molecular weight excluding hydrogens is 526 g/mol. The van der Waals surface area contributed by atoms with E-state index in [9.17, 15) is 13.0 Å². The molecule has 0 bridgehead atoms. The third-order valence-electron chi connectivity index (χ3n) is 7.15. The SMILES string of the molecule is CCC1(CC)Oc2ccc(/C=N/Nc3cc(N4CCOCC4)nc(CN4CCN(S(=O)(=O)O)CC4)n3)cc2O1. The van der Waals surface area contributed by atoms with Crippen LogP contribution < -0.4 is 19.8 Å². The molecule has 14 heteroatoms. The largest absolute Gasteiger partial charge is 0.448 e. The molecule has 5 rings (SSSR count). The molecule has 2 aromatic rings. The van der Waals surface area contributed by atoms with Crippen molar-refractivity contribution in [2.24, 2.45) is 5.10 Å². The molecule has 0 amide bonds. The molecule has 13 nitrogen and oxygen atoms in total. The minimum Gasteiger partial charge on any atom is -0.448 e. The Hall–Kier alpha value is -3.04. The maximum atomic E-state index is 11.4. The molecular formula is C25H35N7O6S. The fraction of sp³-hybridized carbons (Fsp3) is 0.560. The van der Waals surface area contributed by atoms with Gasteiger partial charge in [-0.1, -0.05) is 13.8 Å². The molecule has 2 saturated heterocycles. The van der Waals surface area contributed by atoms with Gasteiger partial charge in [-0.2, -0.15) is 17.8 Å². The molecule has 3 aliphatic rings. The summed E-state index contributed by atoms with van der Waals surface area (Å²) in [6.07, 6.45) is 3.20. The second-order valence-electron chi connectivity index (χ2n) is 9.68. The van der Waals surface area contributed by atoms with E-state index in [1.54, 1.807) is 6.21 Å². The fourth-order valence-corrected chi connectivity index (χ4v) is 5.41. The Labute approximate surface area is 228 Å². The van der Waals surface area contributed by atoms with E-state index >= 15 is 0 Å². The summed E-state index contributed by atoms with van der Waals surface area (Å²) >= 11 is 0. The molecule has 3 aliphatic heterocycles. The topological polar surface area (TPSA) is 142 Å². The Kier molecular flexibility index (Phi) is 8.19. The summed E-state index contributed by atoms with van der Waals surface area (Å²) in [7, 11) is -4.18. The predicted molar refractivity (Wildman–Crippen MR) is 146 cm³/mol. The average Bonchev–Trinajstić information content (AvgIpc) is 3.32. The second-order valence-corrected chi connectivity index (χ2v) is 11.1. The number of fused-ring (bicyclic) bond motifs is 1. The van der Waals surface area contributed by atoms with Gasteiger partial charge in [0, 0.05) is 58.2 Å². The highest BCUT2D eigenvalue weighted by Crippen LogP contribution is 2.42. The number of aromatic nitrogens is 2. The predicted octanol–water partition coefficient (Wildman–Crippen LogP) is 1.97. The lowest BCUT2D eigenvalue weighted by atomic mass is 10.1. The standard InChI is InChI=1S/C25H35N7O6S/c1-3-25(4-2)37-20-6-5-19(15-21(20)38-25)17-26-29-22-16-24(31-11-13-36-14-12-31)28-23(27-22)18-30-7-9-32(10-8-30)39(33,34)35/h5-6,15-17H,3-4,7-14,18H2,1-2H3,(H,27,28,29)(H,33,34,35)/b26-17+. The van der Waals surface area contributed by atoms with Gasteiger partial charge in [0.1, 0.15) is 11.6 Å². The first-order chi connectivity index (χ1) is 18.8. The van der Waals surface area contributed by atoms with Crippen molar-refractivity contribution in [3.63, 3.8) is 0 Å². The molecule has 0 saturated carbocycles. The first-order valence-electron chi connectivity index (χ1n) is 13.2. The van der Waals surface area contributed by atoms with Gasteiger partial charge < -0.3 is 19.1 Å². The lowest BCUT2D eigenvalue weighted by Gasteiger charge is -2.32. The Balaban J connectivity index is 1.29. The minimum atomic E-state index is -4.18. The summed E-state index contributed by atoms with van der Waals surface area (Å²) in [6.45, 7) is 8.58. The van der Waals surface area contributed by atoms with Gasteiger partial charge in [0.2, 0.25) is 0 Å². The number of morpholine rings is 1. The second kappa shape index (κ2) is 11.6. The number of hydrazone groups is 1. The van der Waals surface area contributed by atoms with Gasteiger partial charge >= 0.3 is 10.3 Å². The Bertz CT molecular complexity index is 1290. The van der Waals surface area contributed by atoms with Gasteiger partial charge in [-0.25, -0.2) is 9.97 Å². The van der Waals surface area contributed by atoms with Crippen molar-refractivity contribution in [1.29, 1.82) is 0 Å². The molecule has 39 heavy (non-hydrogen) atoms. The fourth-order valence-electron chi connectivity index (χ4n) is 4.79. The Morgan fingerprint density at radius 2 is 1.74 bits per heavy atom. The van der Waals surface area contributed by atoms with E-state index in [1.807, 2.05) is 38.1 Å². The van der Waals surface area contributed by atoms with Gasteiger partial charge in [-0.05, 0) is 23.8 Å². The van der Waals surface area contributed by atoms with E-state index in [0.29, 0.717) is 50.2 Å². The van der Waals surface area contributed by atoms with Crippen molar-refractivity contribution in [2.75, 3.05) is 62.8 Å². The molecule has 2 N–H and O–H groups in total. The number of hydrogen-bond donors (Lipinski definition) is 2. The third kappa shape index (κ3) is 6.58. The summed E-state index contributed by atoms with van der Waals surface area (Å²) in [5.41, 5.74) is 3.89. The quantitative estimate of drug-likeness (QED) is 0.264. The van der Waals surface area contributed by atoms with Crippen LogP contribution in [0.4, 0.5) is 11.6 Å². The van der Waals surface area contributed by atoms with Gasteiger partial charge in [-0.3, -0.25) is 14.9 Å². The van der Waals surface area contributed by atoms with Gasteiger partial charge in [-0.15, -0.1) is 0 Å². The third-order valence-corrected chi connectivity index (χ3v) is 8.16. The van der Waals surface area contributed by atoms with E-state index in [2.05, 4.69) is 25.3 Å². The highest BCUT2D eigenvalue weighted by Gasteiger charge is 2.38. The van der Waals surface area contributed by atoms with Gasteiger partial charge in [0.15, 0.2) is 17.3 Å². The van der Waals surface area contributed by atoms with Crippen LogP contribution in [0.3, 0.4) is 0 Å². The van der Waals surface area contributed by atoms with E-state index in [1.165, 1.54) is 0 Å². The minimum absolute atomic E-state index is 0.213. The van der Waals surface area contributed by atoms with Crippen molar-refractivity contribution in [3.05, 3.63) is 35.7 Å². The van der Waals surface area contributed by atoms with Crippen LogP contribution in [-0.2, 0) is 21.6 Å². The lowest BCUT2D eigenvalue weighted by Crippen LogP contribution is -2.48. The van der Waals surface area contributed by atoms with Crippen LogP contribution in [0, 0.1) is 0 Å². The lowest BCUT2D eigenvalue weighted by molar-refractivity contribution is -0.0843. The highest BCUT2D eigenvalue weighted by atomic mass is 32.2. The van der Waals surface area contributed by atoms with Crippen LogP contribution >= 0.6 is 0 Å². The van der Waals surface area contributed by atoms with Crippen LogP contribution in [0.1, 0.15) is 38.1 Å². The van der Waals surface area contributed by atoms with E-state index in [-0.39, 0.29) is 13.1 Å². The molecule has 1 aromatic heterocycles. The number of ether oxygens (including phenoxy) is 3. The molecule has 212 valence electrons. The summed E-state index contributed by atoms with van der Waals surface area (Å²) in [5, 5.41) is 4.41. The number of nitrogens with zero attached hydrogens (tertiary/aromatic N) is 6. The molecule has 4 heterocycles. The first-order valence-corrected chi connectivity index (χ1v) is 14.6. The normalized spacial score (nSPS) is 20.0. The Morgan fingerprint density at radius 1 is 1.03 bits per heavy atom. The smallest absolute Gasteiger partial charge is 0.335 e. The van der Waals surface area contributed by atoms with Crippen molar-refractivity contribution < 1.29 is 27.2 Å². The van der Waals surface area contributed by atoms with Crippen molar-refractivity contribution in [3.8, 4) is 11.5 Å². The van der Waals surface area contributed by atoms with Gasteiger partial charge in [0.25, 0.3) is 5.79 Å². The molecule has 0 radical (unpaired) electrons. The average molecular weight is 562 g/mol. The van der Waals surface area contributed by atoms with E-state index in [0.717, 1.165) is 47.4 Å². The van der Waals surface area contributed by atoms with Crippen molar-refractivity contribution in [1.82, 2.24) is 19.2 Å². The van der Waals surface area contributed by atoms with Crippen LogP contribution in [-0.4, -0.2) is 96.6 Å². The number of benzene rings is 1. The van der Waals surface area contributed by atoms with E-state index < -0.39 is 16.1 Å². The number of piperazine rings is 1. The zero-order chi connectivity index (χ0) is 27.5. The zero-order valence-corrected chi connectivity index (χ0v) is 23.1. The molecule has 1 aromatic carbocycles. The van der Waals surface area contributed by atoms with Crippen LogP contribution in [0.25, 0.3) is 0 Å². The van der Waals surface area contributed by atoms with Crippen molar-refractivity contribution in [2.45, 2.75) is 39.0 Å². The number of hydrogen-bond acceptors (Lipinski definition) is 11. The number of nitrogens with one attached hydrogen (secondary N) is 1. The maximum Gasteiger partial charge on any atom is 0.335 e.